The third-order valence-electron chi connectivity index (χ3n) is 6.02. The summed E-state index contributed by atoms with van der Waals surface area (Å²) in [6.45, 7) is 5.66. The van der Waals surface area contributed by atoms with Gasteiger partial charge in [0.1, 0.15) is 0 Å². The summed E-state index contributed by atoms with van der Waals surface area (Å²) in [4.78, 5) is 27.4. The monoisotopic (exact) mass is 402 g/mol. The molecule has 1 aliphatic heterocycles. The topological polar surface area (TPSA) is 67.9 Å². The molecule has 1 aliphatic carbocycles. The molecule has 1 aromatic carbocycles. The average Bonchev–Trinajstić information content (AvgIpc) is 3.24. The SMILES string of the molecule is CCOc1ccc(C(=O)NCC(=O)N2CCCC2C2CCCCC2)cc1OCC. The number of nitrogens with zero attached hydrogens (tertiary/aromatic N) is 1. The van der Waals surface area contributed by atoms with Gasteiger partial charge in [-0.3, -0.25) is 9.59 Å². The van der Waals surface area contributed by atoms with Gasteiger partial charge in [0.15, 0.2) is 11.5 Å². The van der Waals surface area contributed by atoms with E-state index >= 15 is 0 Å². The molecule has 6 nitrogen and oxygen atoms in total. The second-order valence-corrected chi connectivity index (χ2v) is 7.91. The molecule has 0 radical (unpaired) electrons. The van der Waals surface area contributed by atoms with Crippen molar-refractivity contribution in [3.63, 3.8) is 0 Å². The average molecular weight is 403 g/mol. The number of carbonyl (C=O) groups is 2. The number of nitrogens with one attached hydrogen (secondary N) is 1. The minimum absolute atomic E-state index is 0.0300. The highest BCUT2D eigenvalue weighted by Gasteiger charge is 2.35. The molecule has 2 amide bonds. The second-order valence-electron chi connectivity index (χ2n) is 7.91. The van der Waals surface area contributed by atoms with E-state index in [0.29, 0.717) is 42.2 Å². The van der Waals surface area contributed by atoms with Crippen molar-refractivity contribution in [1.29, 1.82) is 0 Å². The molecule has 2 aliphatic rings. The summed E-state index contributed by atoms with van der Waals surface area (Å²) in [6, 6.07) is 5.48. The van der Waals surface area contributed by atoms with E-state index in [9.17, 15) is 9.59 Å². The molecule has 160 valence electrons. The van der Waals surface area contributed by atoms with E-state index in [1.54, 1.807) is 18.2 Å². The molecule has 1 aromatic rings. The van der Waals surface area contributed by atoms with E-state index in [2.05, 4.69) is 5.32 Å². The van der Waals surface area contributed by atoms with E-state index in [4.69, 9.17) is 9.47 Å². The summed E-state index contributed by atoms with van der Waals surface area (Å²) in [5.74, 6) is 1.56. The van der Waals surface area contributed by atoms with Crippen LogP contribution in [-0.4, -0.2) is 49.1 Å². The lowest BCUT2D eigenvalue weighted by molar-refractivity contribution is -0.132. The normalized spacial score (nSPS) is 19.8. The van der Waals surface area contributed by atoms with Crippen molar-refractivity contribution < 1.29 is 19.1 Å². The smallest absolute Gasteiger partial charge is 0.251 e. The zero-order valence-electron chi connectivity index (χ0n) is 17.7. The maximum absolute atomic E-state index is 12.8. The molecule has 1 atom stereocenters. The fraction of sp³-hybridized carbons (Fsp3) is 0.652. The lowest BCUT2D eigenvalue weighted by Crippen LogP contribution is -2.45. The van der Waals surface area contributed by atoms with Gasteiger partial charge in [0.25, 0.3) is 5.91 Å². The van der Waals surface area contributed by atoms with Crippen molar-refractivity contribution in [2.75, 3.05) is 26.3 Å². The molecule has 0 bridgehead atoms. The zero-order valence-corrected chi connectivity index (χ0v) is 17.7. The van der Waals surface area contributed by atoms with Crippen LogP contribution in [0.5, 0.6) is 11.5 Å². The lowest BCUT2D eigenvalue weighted by Gasteiger charge is -2.34. The van der Waals surface area contributed by atoms with Crippen LogP contribution in [0.4, 0.5) is 0 Å². The van der Waals surface area contributed by atoms with Crippen molar-refractivity contribution in [2.24, 2.45) is 5.92 Å². The summed E-state index contributed by atoms with van der Waals surface area (Å²) < 4.78 is 11.1. The van der Waals surface area contributed by atoms with Gasteiger partial charge in [-0.2, -0.15) is 0 Å². The van der Waals surface area contributed by atoms with Crippen molar-refractivity contribution >= 4 is 11.8 Å². The Bertz CT molecular complexity index is 700. The summed E-state index contributed by atoms with van der Waals surface area (Å²) >= 11 is 0. The molecule has 1 saturated heterocycles. The number of amides is 2. The first kappa shape index (κ1) is 21.5. The molecular formula is C23H34N2O4. The van der Waals surface area contributed by atoms with Crippen molar-refractivity contribution in [1.82, 2.24) is 10.2 Å². The molecule has 2 fully saturated rings. The van der Waals surface area contributed by atoms with E-state index in [-0.39, 0.29) is 18.4 Å². The van der Waals surface area contributed by atoms with Crippen molar-refractivity contribution in [2.45, 2.75) is 64.8 Å². The number of ether oxygens (including phenoxy) is 2. The van der Waals surface area contributed by atoms with Gasteiger partial charge in [-0.1, -0.05) is 19.3 Å². The van der Waals surface area contributed by atoms with Gasteiger partial charge in [-0.25, -0.2) is 0 Å². The minimum atomic E-state index is -0.268. The predicted molar refractivity (Wildman–Crippen MR) is 112 cm³/mol. The number of likely N-dealkylation sites (tertiary alicyclic amines) is 1. The molecule has 0 aromatic heterocycles. The van der Waals surface area contributed by atoms with Crippen LogP contribution in [0.15, 0.2) is 18.2 Å². The maximum Gasteiger partial charge on any atom is 0.251 e. The molecule has 29 heavy (non-hydrogen) atoms. The van der Waals surface area contributed by atoms with E-state index < -0.39 is 0 Å². The van der Waals surface area contributed by atoms with Gasteiger partial charge >= 0.3 is 0 Å². The summed E-state index contributed by atoms with van der Waals surface area (Å²) in [5.41, 5.74) is 0.468. The van der Waals surface area contributed by atoms with Gasteiger partial charge in [-0.05, 0) is 63.6 Å². The summed E-state index contributed by atoms with van der Waals surface area (Å²) in [7, 11) is 0. The van der Waals surface area contributed by atoms with Crippen LogP contribution in [0.1, 0.15) is 69.2 Å². The fourth-order valence-electron chi connectivity index (χ4n) is 4.66. The van der Waals surface area contributed by atoms with Crippen LogP contribution in [0.2, 0.25) is 0 Å². The van der Waals surface area contributed by atoms with E-state index in [1.807, 2.05) is 18.7 Å². The molecule has 3 rings (SSSR count). The van der Waals surface area contributed by atoms with Crippen LogP contribution in [0.25, 0.3) is 0 Å². The Morgan fingerprint density at radius 1 is 1.00 bits per heavy atom. The Kier molecular flexibility index (Phi) is 7.78. The molecule has 1 N–H and O–H groups in total. The zero-order chi connectivity index (χ0) is 20.6. The van der Waals surface area contributed by atoms with Crippen LogP contribution in [0.3, 0.4) is 0 Å². The second kappa shape index (κ2) is 10.5. The van der Waals surface area contributed by atoms with Crippen molar-refractivity contribution in [3.8, 4) is 11.5 Å². The molecule has 6 heteroatoms. The Morgan fingerprint density at radius 3 is 2.45 bits per heavy atom. The number of benzene rings is 1. The first-order chi connectivity index (χ1) is 14.1. The van der Waals surface area contributed by atoms with Gasteiger partial charge < -0.3 is 19.7 Å². The molecule has 1 heterocycles. The summed E-state index contributed by atoms with van der Waals surface area (Å²) in [5, 5.41) is 2.79. The third-order valence-corrected chi connectivity index (χ3v) is 6.02. The highest BCUT2D eigenvalue weighted by atomic mass is 16.5. The van der Waals surface area contributed by atoms with Crippen LogP contribution >= 0.6 is 0 Å². The largest absolute Gasteiger partial charge is 0.490 e. The maximum atomic E-state index is 12.8. The van der Waals surface area contributed by atoms with E-state index in [0.717, 1.165) is 19.4 Å². The van der Waals surface area contributed by atoms with Gasteiger partial charge in [0.2, 0.25) is 5.91 Å². The molecule has 1 saturated carbocycles. The lowest BCUT2D eigenvalue weighted by atomic mass is 9.83. The van der Waals surface area contributed by atoms with Crippen LogP contribution < -0.4 is 14.8 Å². The quantitative estimate of drug-likeness (QED) is 0.718. The van der Waals surface area contributed by atoms with Crippen LogP contribution in [0, 0.1) is 5.92 Å². The molecule has 0 spiro atoms. The minimum Gasteiger partial charge on any atom is -0.490 e. The Hall–Kier alpha value is -2.24. The number of carbonyl (C=O) groups excluding carboxylic acids is 2. The standard InChI is InChI=1S/C23H34N2O4/c1-3-28-20-13-12-18(15-21(20)29-4-2)23(27)24-16-22(26)25-14-8-11-19(25)17-9-6-5-7-10-17/h12-13,15,17,19H,3-11,14,16H2,1-2H3,(H,24,27). The van der Waals surface area contributed by atoms with Crippen LogP contribution in [-0.2, 0) is 4.79 Å². The number of rotatable bonds is 8. The predicted octanol–water partition coefficient (Wildman–Crippen LogP) is 3.79. The third kappa shape index (κ3) is 5.43. The van der Waals surface area contributed by atoms with Crippen molar-refractivity contribution in [3.05, 3.63) is 23.8 Å². The fourth-order valence-corrected chi connectivity index (χ4v) is 4.66. The first-order valence-corrected chi connectivity index (χ1v) is 11.1. The summed E-state index contributed by atoms with van der Waals surface area (Å²) in [6.07, 6.45) is 8.50. The Balaban J connectivity index is 1.58. The highest BCUT2D eigenvalue weighted by molar-refractivity contribution is 5.97. The first-order valence-electron chi connectivity index (χ1n) is 11.1. The van der Waals surface area contributed by atoms with Gasteiger partial charge in [0.05, 0.1) is 19.8 Å². The van der Waals surface area contributed by atoms with E-state index in [1.165, 1.54) is 32.1 Å². The number of hydrogen-bond acceptors (Lipinski definition) is 4. The highest BCUT2D eigenvalue weighted by Crippen LogP contribution is 2.34. The molecule has 1 unspecified atom stereocenters. The van der Waals surface area contributed by atoms with Gasteiger partial charge in [-0.15, -0.1) is 0 Å². The Morgan fingerprint density at radius 2 is 1.72 bits per heavy atom. The van der Waals surface area contributed by atoms with Gasteiger partial charge in [0, 0.05) is 18.2 Å². The number of hydrogen-bond donors (Lipinski definition) is 1. The molecular weight excluding hydrogens is 368 g/mol. The Labute approximate surface area is 173 Å².